The van der Waals surface area contributed by atoms with Crippen LogP contribution in [0.3, 0.4) is 0 Å². The molecule has 0 spiro atoms. The van der Waals surface area contributed by atoms with Gasteiger partial charge in [-0.2, -0.15) is 0 Å². The highest BCUT2D eigenvalue weighted by Crippen LogP contribution is 2.17. The monoisotopic (exact) mass is 196 g/mol. The second kappa shape index (κ2) is 4.43. The third-order valence-corrected chi connectivity index (χ3v) is 2.58. The first kappa shape index (κ1) is 10.3. The van der Waals surface area contributed by atoms with Gasteiger partial charge in [-0.15, -0.1) is 11.6 Å². The Bertz CT molecular complexity index is 289. The fourth-order valence-corrected chi connectivity index (χ4v) is 1.31. The molecule has 1 aromatic rings. The van der Waals surface area contributed by atoms with Crippen LogP contribution in [0.4, 0.5) is 0 Å². The van der Waals surface area contributed by atoms with Crippen LogP contribution in [0.5, 0.6) is 0 Å². The molecule has 0 N–H and O–H groups in total. The van der Waals surface area contributed by atoms with Crippen molar-refractivity contribution < 1.29 is 4.79 Å². The molecule has 0 amide bonds. The van der Waals surface area contributed by atoms with E-state index in [1.807, 2.05) is 24.3 Å². The molecule has 0 aliphatic heterocycles. The Balaban J connectivity index is 2.87. The molecule has 13 heavy (non-hydrogen) atoms. The maximum absolute atomic E-state index is 11.0. The Kier molecular flexibility index (Phi) is 3.49. The number of alkyl halides is 1. The predicted molar refractivity (Wildman–Crippen MR) is 55.6 cm³/mol. The molecular formula is C11H13ClO. The van der Waals surface area contributed by atoms with Crippen molar-refractivity contribution in [3.8, 4) is 0 Å². The minimum atomic E-state index is 0.102. The summed E-state index contributed by atoms with van der Waals surface area (Å²) in [6, 6.07) is 7.62. The lowest BCUT2D eigenvalue weighted by Crippen LogP contribution is -1.96. The van der Waals surface area contributed by atoms with Crippen LogP contribution < -0.4 is 0 Å². The fraction of sp³-hybridized carbons (Fsp3) is 0.364. The zero-order chi connectivity index (χ0) is 9.84. The van der Waals surface area contributed by atoms with Gasteiger partial charge in [0, 0.05) is 11.4 Å². The fourth-order valence-electron chi connectivity index (χ4n) is 1.14. The largest absolute Gasteiger partial charge is 0.295 e. The first-order valence-electron chi connectivity index (χ1n) is 4.32. The summed E-state index contributed by atoms with van der Waals surface area (Å²) in [4.78, 5) is 11.0. The number of ketones is 1. The van der Waals surface area contributed by atoms with E-state index in [0.29, 0.717) is 11.8 Å². The lowest BCUT2D eigenvalue weighted by Gasteiger charge is -2.07. The molecule has 1 unspecified atom stereocenters. The van der Waals surface area contributed by atoms with Crippen LogP contribution in [0, 0.1) is 0 Å². The molecule has 0 saturated carbocycles. The Morgan fingerprint density at radius 3 is 2.31 bits per heavy atom. The van der Waals surface area contributed by atoms with Gasteiger partial charge in [-0.1, -0.05) is 31.2 Å². The van der Waals surface area contributed by atoms with Crippen molar-refractivity contribution in [3.63, 3.8) is 0 Å². The number of halogens is 1. The van der Waals surface area contributed by atoms with E-state index >= 15 is 0 Å². The molecule has 1 rings (SSSR count). The molecule has 0 heterocycles. The SMILES string of the molecule is CC(=O)c1ccc(C(C)CCl)cc1. The Labute approximate surface area is 83.7 Å². The van der Waals surface area contributed by atoms with E-state index < -0.39 is 0 Å². The molecule has 0 fully saturated rings. The quantitative estimate of drug-likeness (QED) is 0.536. The van der Waals surface area contributed by atoms with E-state index in [9.17, 15) is 4.79 Å². The molecule has 0 saturated heterocycles. The molecular weight excluding hydrogens is 184 g/mol. The summed E-state index contributed by atoms with van der Waals surface area (Å²) in [6.45, 7) is 3.63. The molecule has 70 valence electrons. The van der Waals surface area contributed by atoms with Gasteiger partial charge in [0.25, 0.3) is 0 Å². The number of hydrogen-bond donors (Lipinski definition) is 0. The van der Waals surface area contributed by atoms with E-state index in [4.69, 9.17) is 11.6 Å². The van der Waals surface area contributed by atoms with Crippen molar-refractivity contribution in [1.29, 1.82) is 0 Å². The Morgan fingerprint density at radius 1 is 1.38 bits per heavy atom. The summed E-state index contributed by atoms with van der Waals surface area (Å²) in [7, 11) is 0. The van der Waals surface area contributed by atoms with Crippen molar-refractivity contribution in [3.05, 3.63) is 35.4 Å². The topological polar surface area (TPSA) is 17.1 Å². The standard InChI is InChI=1S/C11H13ClO/c1-8(7-12)10-3-5-11(6-4-10)9(2)13/h3-6,8H,7H2,1-2H3. The van der Waals surface area contributed by atoms with Crippen molar-refractivity contribution in [2.24, 2.45) is 0 Å². The maximum atomic E-state index is 11.0. The molecule has 0 radical (unpaired) electrons. The molecule has 1 atom stereocenters. The summed E-state index contributed by atoms with van der Waals surface area (Å²) >= 11 is 5.72. The highest BCUT2D eigenvalue weighted by Gasteiger charge is 2.04. The minimum Gasteiger partial charge on any atom is -0.295 e. The number of hydrogen-bond acceptors (Lipinski definition) is 1. The molecule has 0 aliphatic rings. The van der Waals surface area contributed by atoms with Crippen LogP contribution >= 0.6 is 11.6 Å². The van der Waals surface area contributed by atoms with Gasteiger partial charge in [-0.25, -0.2) is 0 Å². The molecule has 0 aliphatic carbocycles. The van der Waals surface area contributed by atoms with Gasteiger partial charge in [0.1, 0.15) is 0 Å². The Morgan fingerprint density at radius 2 is 1.92 bits per heavy atom. The number of carbonyl (C=O) groups is 1. The van der Waals surface area contributed by atoms with Crippen molar-refractivity contribution in [2.75, 3.05) is 5.88 Å². The zero-order valence-electron chi connectivity index (χ0n) is 7.88. The lowest BCUT2D eigenvalue weighted by atomic mass is 10.0. The van der Waals surface area contributed by atoms with E-state index in [-0.39, 0.29) is 5.78 Å². The van der Waals surface area contributed by atoms with Gasteiger partial charge in [-0.3, -0.25) is 4.79 Å². The van der Waals surface area contributed by atoms with Crippen LogP contribution in [-0.4, -0.2) is 11.7 Å². The first-order valence-corrected chi connectivity index (χ1v) is 4.85. The minimum absolute atomic E-state index is 0.102. The molecule has 1 aromatic carbocycles. The third kappa shape index (κ3) is 2.56. The van der Waals surface area contributed by atoms with Crippen LogP contribution in [0.1, 0.15) is 35.7 Å². The van der Waals surface area contributed by atoms with Crippen LogP contribution in [0.15, 0.2) is 24.3 Å². The molecule has 0 bridgehead atoms. The molecule has 1 nitrogen and oxygen atoms in total. The van der Waals surface area contributed by atoms with E-state index in [1.165, 1.54) is 5.56 Å². The summed E-state index contributed by atoms with van der Waals surface area (Å²) in [5.41, 5.74) is 1.94. The second-order valence-electron chi connectivity index (χ2n) is 3.23. The predicted octanol–water partition coefficient (Wildman–Crippen LogP) is 3.23. The van der Waals surface area contributed by atoms with Gasteiger partial charge < -0.3 is 0 Å². The number of benzene rings is 1. The van der Waals surface area contributed by atoms with Gasteiger partial charge in [0.15, 0.2) is 5.78 Å². The van der Waals surface area contributed by atoms with Crippen molar-refractivity contribution in [2.45, 2.75) is 19.8 Å². The van der Waals surface area contributed by atoms with E-state index in [0.717, 1.165) is 5.56 Å². The highest BCUT2D eigenvalue weighted by atomic mass is 35.5. The summed E-state index contributed by atoms with van der Waals surface area (Å²) < 4.78 is 0. The zero-order valence-corrected chi connectivity index (χ0v) is 8.64. The molecule has 0 aromatic heterocycles. The van der Waals surface area contributed by atoms with E-state index in [2.05, 4.69) is 6.92 Å². The van der Waals surface area contributed by atoms with E-state index in [1.54, 1.807) is 6.92 Å². The molecule has 2 heteroatoms. The average molecular weight is 197 g/mol. The van der Waals surface area contributed by atoms with Crippen LogP contribution in [-0.2, 0) is 0 Å². The van der Waals surface area contributed by atoms with Crippen molar-refractivity contribution in [1.82, 2.24) is 0 Å². The van der Waals surface area contributed by atoms with Gasteiger partial charge >= 0.3 is 0 Å². The number of carbonyl (C=O) groups excluding carboxylic acids is 1. The van der Waals surface area contributed by atoms with Gasteiger partial charge in [-0.05, 0) is 18.4 Å². The average Bonchev–Trinajstić information content (AvgIpc) is 2.17. The van der Waals surface area contributed by atoms with Gasteiger partial charge in [0.05, 0.1) is 0 Å². The summed E-state index contributed by atoms with van der Waals surface area (Å²) in [6.07, 6.45) is 0. The summed E-state index contributed by atoms with van der Waals surface area (Å²) in [5, 5.41) is 0. The first-order chi connectivity index (χ1) is 6.15. The van der Waals surface area contributed by atoms with Crippen LogP contribution in [0.2, 0.25) is 0 Å². The maximum Gasteiger partial charge on any atom is 0.159 e. The normalized spacial score (nSPS) is 12.5. The summed E-state index contributed by atoms with van der Waals surface area (Å²) in [5.74, 6) is 1.06. The highest BCUT2D eigenvalue weighted by molar-refractivity contribution is 6.18. The van der Waals surface area contributed by atoms with Crippen LogP contribution in [0.25, 0.3) is 0 Å². The second-order valence-corrected chi connectivity index (χ2v) is 3.54. The smallest absolute Gasteiger partial charge is 0.159 e. The third-order valence-electron chi connectivity index (χ3n) is 2.12. The lowest BCUT2D eigenvalue weighted by molar-refractivity contribution is 0.101. The number of rotatable bonds is 3. The Hall–Kier alpha value is -0.820. The van der Waals surface area contributed by atoms with Crippen molar-refractivity contribution >= 4 is 17.4 Å². The van der Waals surface area contributed by atoms with Gasteiger partial charge in [0.2, 0.25) is 0 Å². The number of Topliss-reactive ketones (excluding diaryl/α,β-unsaturated/α-hetero) is 1.